The molecule has 1 aliphatic rings. The van der Waals surface area contributed by atoms with Gasteiger partial charge in [-0.05, 0) is 48.2 Å². The van der Waals surface area contributed by atoms with Crippen LogP contribution in [0.1, 0.15) is 49.3 Å². The van der Waals surface area contributed by atoms with Gasteiger partial charge in [0.15, 0.2) is 0 Å². The quantitative estimate of drug-likeness (QED) is 0.377. The number of aromatic hydroxyl groups is 1. The number of hydrogen-bond acceptors (Lipinski definition) is 5. The molecule has 0 saturated heterocycles. The van der Waals surface area contributed by atoms with E-state index in [0.29, 0.717) is 11.1 Å². The molecule has 0 bridgehead atoms. The number of nitrogens with one attached hydrogen (secondary N) is 1. The first-order chi connectivity index (χ1) is 18.1. The minimum atomic E-state index is -0.870. The lowest BCUT2D eigenvalue weighted by atomic mass is 9.94. The normalized spacial score (nSPS) is 14.8. The summed E-state index contributed by atoms with van der Waals surface area (Å²) in [4.78, 5) is 29.4. The summed E-state index contributed by atoms with van der Waals surface area (Å²) in [5, 5.41) is 21.5. The summed E-state index contributed by atoms with van der Waals surface area (Å²) in [6.07, 6.45) is 5.22. The van der Waals surface area contributed by atoms with Crippen molar-refractivity contribution in [3.8, 4) is 5.75 Å². The van der Waals surface area contributed by atoms with Crippen LogP contribution in [0.4, 0.5) is 0 Å². The Bertz CT molecular complexity index is 1350. The van der Waals surface area contributed by atoms with Gasteiger partial charge in [0.25, 0.3) is 0 Å². The van der Waals surface area contributed by atoms with E-state index >= 15 is 0 Å². The number of fused-ring (bicyclic) bond motifs is 1. The van der Waals surface area contributed by atoms with Crippen molar-refractivity contribution in [2.45, 2.75) is 57.3 Å². The van der Waals surface area contributed by atoms with Crippen molar-refractivity contribution in [3.05, 3.63) is 90.0 Å². The summed E-state index contributed by atoms with van der Waals surface area (Å²) < 4.78 is 1.57. The number of phenols is 1. The molecule has 0 radical (unpaired) electrons. The summed E-state index contributed by atoms with van der Waals surface area (Å²) in [6.45, 7) is 0.189. The zero-order valence-electron chi connectivity index (χ0n) is 20.7. The summed E-state index contributed by atoms with van der Waals surface area (Å²) in [5.41, 5.74) is 3.01. The van der Waals surface area contributed by atoms with Gasteiger partial charge in [-0.1, -0.05) is 79.1 Å². The van der Waals surface area contributed by atoms with Crippen LogP contribution in [0.5, 0.6) is 5.75 Å². The molecule has 2 amide bonds. The fourth-order valence-corrected chi connectivity index (χ4v) is 5.01. The fourth-order valence-electron chi connectivity index (χ4n) is 5.01. The average molecular weight is 498 g/mol. The molecule has 1 saturated carbocycles. The average Bonchev–Trinajstić information content (AvgIpc) is 3.33. The van der Waals surface area contributed by atoms with Gasteiger partial charge < -0.3 is 15.3 Å². The lowest BCUT2D eigenvalue weighted by Gasteiger charge is -2.33. The predicted octanol–water partition coefficient (Wildman–Crippen LogP) is 4.36. The van der Waals surface area contributed by atoms with Gasteiger partial charge in [-0.25, -0.2) is 4.68 Å². The lowest BCUT2D eigenvalue weighted by Crippen LogP contribution is -2.47. The number of amides is 2. The number of hydrogen-bond donors (Lipinski definition) is 2. The van der Waals surface area contributed by atoms with Gasteiger partial charge in [0.2, 0.25) is 11.8 Å². The van der Waals surface area contributed by atoms with Crippen LogP contribution in [0.2, 0.25) is 0 Å². The third kappa shape index (κ3) is 5.80. The van der Waals surface area contributed by atoms with Crippen molar-refractivity contribution in [2.24, 2.45) is 0 Å². The van der Waals surface area contributed by atoms with Crippen LogP contribution in [-0.4, -0.2) is 42.9 Å². The number of para-hydroxylation sites is 1. The van der Waals surface area contributed by atoms with Crippen molar-refractivity contribution in [2.75, 3.05) is 0 Å². The Hall–Kier alpha value is -4.20. The summed E-state index contributed by atoms with van der Waals surface area (Å²) in [7, 11) is 0. The number of nitrogens with zero attached hydrogens (tertiary/aromatic N) is 4. The predicted molar refractivity (Wildman–Crippen MR) is 140 cm³/mol. The Kier molecular flexibility index (Phi) is 7.44. The maximum absolute atomic E-state index is 13.9. The van der Waals surface area contributed by atoms with Crippen molar-refractivity contribution in [3.63, 3.8) is 0 Å². The molecule has 1 aromatic heterocycles. The second kappa shape index (κ2) is 11.2. The SMILES string of the molecule is O=C(NC1CCCCC1)C(c1ccc(O)cc1)N(Cc1ccccc1)C(=O)Cn1nnc2ccccc21. The highest BCUT2D eigenvalue weighted by molar-refractivity contribution is 5.89. The molecule has 2 N–H and O–H groups in total. The second-order valence-corrected chi connectivity index (χ2v) is 9.58. The number of rotatable bonds is 8. The van der Waals surface area contributed by atoms with E-state index in [4.69, 9.17) is 0 Å². The Labute approximate surface area is 215 Å². The smallest absolute Gasteiger partial charge is 0.247 e. The number of benzene rings is 3. The molecule has 190 valence electrons. The van der Waals surface area contributed by atoms with E-state index in [-0.39, 0.29) is 36.7 Å². The zero-order chi connectivity index (χ0) is 25.6. The van der Waals surface area contributed by atoms with Gasteiger partial charge in [-0.2, -0.15) is 0 Å². The maximum Gasteiger partial charge on any atom is 0.247 e. The van der Waals surface area contributed by atoms with Gasteiger partial charge in [-0.15, -0.1) is 5.10 Å². The molecule has 1 unspecified atom stereocenters. The largest absolute Gasteiger partial charge is 0.508 e. The number of phenolic OH excluding ortho intramolecular Hbond substituents is 1. The molecule has 37 heavy (non-hydrogen) atoms. The molecular weight excluding hydrogens is 466 g/mol. The van der Waals surface area contributed by atoms with Crippen LogP contribution in [0, 0.1) is 0 Å². The molecule has 8 nitrogen and oxygen atoms in total. The van der Waals surface area contributed by atoms with Gasteiger partial charge >= 0.3 is 0 Å². The second-order valence-electron chi connectivity index (χ2n) is 9.58. The third-order valence-electron chi connectivity index (χ3n) is 6.94. The number of carbonyl (C=O) groups excluding carboxylic acids is 2. The molecule has 1 aliphatic carbocycles. The fraction of sp³-hybridized carbons (Fsp3) is 0.310. The zero-order valence-corrected chi connectivity index (χ0v) is 20.7. The Morgan fingerprint density at radius 3 is 2.41 bits per heavy atom. The van der Waals surface area contributed by atoms with E-state index in [1.165, 1.54) is 6.42 Å². The minimum absolute atomic E-state index is 0.0569. The van der Waals surface area contributed by atoms with Gasteiger partial charge in [0.1, 0.15) is 23.9 Å². The van der Waals surface area contributed by atoms with Gasteiger partial charge in [-0.3, -0.25) is 9.59 Å². The monoisotopic (exact) mass is 497 g/mol. The molecular formula is C29H31N5O3. The van der Waals surface area contributed by atoms with Crippen molar-refractivity contribution in [1.82, 2.24) is 25.2 Å². The van der Waals surface area contributed by atoms with E-state index in [1.54, 1.807) is 33.8 Å². The first kappa shape index (κ1) is 24.5. The van der Waals surface area contributed by atoms with Crippen molar-refractivity contribution < 1.29 is 14.7 Å². The highest BCUT2D eigenvalue weighted by atomic mass is 16.3. The first-order valence-corrected chi connectivity index (χ1v) is 12.8. The van der Waals surface area contributed by atoms with E-state index in [2.05, 4.69) is 15.6 Å². The number of aromatic nitrogens is 3. The van der Waals surface area contributed by atoms with Crippen LogP contribution in [0.3, 0.4) is 0 Å². The van der Waals surface area contributed by atoms with Crippen LogP contribution in [0.15, 0.2) is 78.9 Å². The van der Waals surface area contributed by atoms with Crippen LogP contribution in [-0.2, 0) is 22.7 Å². The third-order valence-corrected chi connectivity index (χ3v) is 6.94. The molecule has 4 aromatic rings. The Balaban J connectivity index is 1.50. The van der Waals surface area contributed by atoms with Gasteiger partial charge in [0.05, 0.1) is 5.52 Å². The first-order valence-electron chi connectivity index (χ1n) is 12.8. The lowest BCUT2D eigenvalue weighted by molar-refractivity contribution is -0.142. The summed E-state index contributed by atoms with van der Waals surface area (Å²) in [5.74, 6) is -0.369. The Morgan fingerprint density at radius 2 is 1.65 bits per heavy atom. The van der Waals surface area contributed by atoms with Gasteiger partial charge in [0, 0.05) is 12.6 Å². The maximum atomic E-state index is 13.9. The summed E-state index contributed by atoms with van der Waals surface area (Å²) >= 11 is 0. The van der Waals surface area contributed by atoms with E-state index in [0.717, 1.165) is 36.8 Å². The van der Waals surface area contributed by atoms with Crippen molar-refractivity contribution in [1.29, 1.82) is 0 Å². The molecule has 0 spiro atoms. The molecule has 0 aliphatic heterocycles. The highest BCUT2D eigenvalue weighted by Gasteiger charge is 2.33. The molecule has 5 rings (SSSR count). The van der Waals surface area contributed by atoms with Crippen molar-refractivity contribution >= 4 is 22.8 Å². The molecule has 1 fully saturated rings. The van der Waals surface area contributed by atoms with Crippen LogP contribution >= 0.6 is 0 Å². The molecule has 1 heterocycles. The van der Waals surface area contributed by atoms with E-state index in [1.807, 2.05) is 54.6 Å². The minimum Gasteiger partial charge on any atom is -0.508 e. The Morgan fingerprint density at radius 1 is 0.946 bits per heavy atom. The molecule has 8 heteroatoms. The summed E-state index contributed by atoms with van der Waals surface area (Å²) in [6, 6.07) is 22.8. The molecule has 1 atom stereocenters. The number of carbonyl (C=O) groups is 2. The van der Waals surface area contributed by atoms with Crippen LogP contribution < -0.4 is 5.32 Å². The highest BCUT2D eigenvalue weighted by Crippen LogP contribution is 2.27. The van der Waals surface area contributed by atoms with E-state index < -0.39 is 6.04 Å². The topological polar surface area (TPSA) is 100 Å². The molecule has 3 aromatic carbocycles. The van der Waals surface area contributed by atoms with E-state index in [9.17, 15) is 14.7 Å². The standard InChI is InChI=1S/C29H31N5O3/c35-24-17-15-22(16-18-24)28(29(37)30-23-11-5-2-6-12-23)33(19-21-9-3-1-4-10-21)27(36)20-34-26-14-8-7-13-25(26)31-32-34/h1,3-4,7-10,13-18,23,28,35H,2,5-6,11-12,19-20H2,(H,30,37). The van der Waals surface area contributed by atoms with Crippen LogP contribution in [0.25, 0.3) is 11.0 Å².